The quantitative estimate of drug-likeness (QED) is 0.255. The minimum absolute atomic E-state index is 0.0129. The average molecular weight is 645 g/mol. The molecular weight excluding hydrogens is 600 g/mol. The normalized spacial score (nSPS) is 28.7. The SMILES string of the molecule is C[C@@H](COc1ccnc2c1[C@H](C)CCC2)C[C@H]1Cc2cc3c(cc2C12CCC(Nc1cccc(Cl)c1)(C(=O)O)CC2)OC[C@H](C)O3. The van der Waals surface area contributed by atoms with Crippen molar-refractivity contribution in [1.82, 2.24) is 4.98 Å². The van der Waals surface area contributed by atoms with Crippen LogP contribution in [-0.4, -0.2) is 40.9 Å². The van der Waals surface area contributed by atoms with E-state index < -0.39 is 11.5 Å². The molecule has 4 atom stereocenters. The van der Waals surface area contributed by atoms with Crippen LogP contribution in [-0.2, 0) is 23.1 Å². The van der Waals surface area contributed by atoms with Crippen molar-refractivity contribution in [3.05, 3.63) is 76.1 Å². The third-order valence-corrected chi connectivity index (χ3v) is 11.4. The number of aliphatic carboxylic acids is 1. The van der Waals surface area contributed by atoms with Crippen molar-refractivity contribution in [3.8, 4) is 17.2 Å². The lowest BCUT2D eigenvalue weighted by molar-refractivity contribution is -0.144. The van der Waals surface area contributed by atoms with Gasteiger partial charge in [0, 0.05) is 28.2 Å². The Labute approximate surface area is 277 Å². The molecule has 0 bridgehead atoms. The lowest BCUT2D eigenvalue weighted by Crippen LogP contribution is -2.53. The second-order valence-corrected chi connectivity index (χ2v) is 14.8. The predicted octanol–water partition coefficient (Wildman–Crippen LogP) is 8.36. The van der Waals surface area contributed by atoms with E-state index in [1.165, 1.54) is 35.2 Å². The molecule has 4 aliphatic rings. The summed E-state index contributed by atoms with van der Waals surface area (Å²) in [6, 6.07) is 13.8. The number of ether oxygens (including phenoxy) is 3. The van der Waals surface area contributed by atoms with Crippen molar-refractivity contribution < 1.29 is 24.1 Å². The molecule has 3 aromatic rings. The summed E-state index contributed by atoms with van der Waals surface area (Å²) in [4.78, 5) is 17.5. The molecule has 3 aliphatic carbocycles. The van der Waals surface area contributed by atoms with E-state index in [9.17, 15) is 9.90 Å². The molecule has 0 unspecified atom stereocenters. The van der Waals surface area contributed by atoms with E-state index in [1.807, 2.05) is 31.3 Å². The highest BCUT2D eigenvalue weighted by molar-refractivity contribution is 6.30. The number of nitrogens with zero attached hydrogens (tertiary/aromatic N) is 1. The molecule has 0 saturated heterocycles. The number of carbonyl (C=O) groups is 1. The van der Waals surface area contributed by atoms with Gasteiger partial charge in [0.1, 0.15) is 24.0 Å². The zero-order valence-corrected chi connectivity index (χ0v) is 27.9. The third kappa shape index (κ3) is 5.69. The Kier molecular flexibility index (Phi) is 8.33. The number of nitrogens with one attached hydrogen (secondary N) is 1. The summed E-state index contributed by atoms with van der Waals surface area (Å²) in [5.41, 5.74) is 4.62. The standard InChI is InChI=1S/C38H45ClN2O5/c1-23(21-44-32-10-15-40-31-9-4-6-24(2)35(31)32)16-27-17-26-18-34-33(45-22-25(3)46-34)20-30(26)37(27)11-13-38(14-12-37,36(42)43)41-29-8-5-7-28(39)19-29/h5,7-8,10,15,18-20,23-25,27,41H,4,6,9,11-14,16-17,21-22H2,1-3H3,(H,42,43)/t23-,24-,25+,27+,37?,38?/m1/s1. The molecule has 1 spiro atoms. The lowest BCUT2D eigenvalue weighted by atomic mass is 9.59. The molecule has 7 nitrogen and oxygen atoms in total. The Morgan fingerprint density at radius 1 is 1.15 bits per heavy atom. The molecule has 2 N–H and O–H groups in total. The van der Waals surface area contributed by atoms with Crippen LogP contribution in [0.1, 0.15) is 94.0 Å². The van der Waals surface area contributed by atoms with Gasteiger partial charge in [0.05, 0.1) is 6.61 Å². The number of rotatable bonds is 8. The summed E-state index contributed by atoms with van der Waals surface area (Å²) < 4.78 is 18.9. The third-order valence-electron chi connectivity index (χ3n) is 11.2. The molecule has 1 saturated carbocycles. The second-order valence-electron chi connectivity index (χ2n) is 14.4. The van der Waals surface area contributed by atoms with Gasteiger partial charge in [0.2, 0.25) is 0 Å². The number of fused-ring (bicyclic) bond motifs is 4. The Morgan fingerprint density at radius 3 is 2.76 bits per heavy atom. The number of hydrogen-bond acceptors (Lipinski definition) is 6. The first-order valence-corrected chi connectivity index (χ1v) is 17.4. The van der Waals surface area contributed by atoms with Crippen molar-refractivity contribution >= 4 is 23.3 Å². The van der Waals surface area contributed by atoms with Crippen molar-refractivity contribution in [2.75, 3.05) is 18.5 Å². The molecule has 1 aromatic heterocycles. The van der Waals surface area contributed by atoms with Crippen molar-refractivity contribution in [3.63, 3.8) is 0 Å². The fourth-order valence-corrected chi connectivity index (χ4v) is 8.97. The number of anilines is 1. The van der Waals surface area contributed by atoms with Crippen LogP contribution in [0.4, 0.5) is 5.69 Å². The number of carboxylic acids is 1. The highest BCUT2D eigenvalue weighted by Crippen LogP contribution is 2.58. The number of halogens is 1. The zero-order valence-electron chi connectivity index (χ0n) is 27.1. The number of benzene rings is 2. The van der Waals surface area contributed by atoms with Gasteiger partial charge in [-0.3, -0.25) is 4.98 Å². The van der Waals surface area contributed by atoms with Crippen LogP contribution < -0.4 is 19.5 Å². The number of pyridine rings is 1. The fourth-order valence-electron chi connectivity index (χ4n) is 8.78. The average Bonchev–Trinajstić information content (AvgIpc) is 3.31. The second kappa shape index (κ2) is 12.3. The van der Waals surface area contributed by atoms with Crippen LogP contribution >= 0.6 is 11.6 Å². The van der Waals surface area contributed by atoms with Gasteiger partial charge >= 0.3 is 5.97 Å². The summed E-state index contributed by atoms with van der Waals surface area (Å²) in [6.45, 7) is 7.77. The molecule has 1 aliphatic heterocycles. The largest absolute Gasteiger partial charge is 0.493 e. The lowest BCUT2D eigenvalue weighted by Gasteiger charge is -2.47. The van der Waals surface area contributed by atoms with E-state index >= 15 is 0 Å². The molecule has 8 heteroatoms. The van der Waals surface area contributed by atoms with E-state index in [-0.39, 0.29) is 11.5 Å². The Balaban J connectivity index is 1.15. The van der Waals surface area contributed by atoms with Crippen LogP contribution in [0.2, 0.25) is 5.02 Å². The van der Waals surface area contributed by atoms with E-state index in [0.717, 1.165) is 55.0 Å². The van der Waals surface area contributed by atoms with E-state index in [4.69, 9.17) is 25.8 Å². The minimum Gasteiger partial charge on any atom is -0.493 e. The van der Waals surface area contributed by atoms with Crippen molar-refractivity contribution in [1.29, 1.82) is 0 Å². The first kappa shape index (κ1) is 31.2. The Hall–Kier alpha value is -3.45. The first-order valence-electron chi connectivity index (χ1n) is 17.0. The molecule has 1 fully saturated rings. The van der Waals surface area contributed by atoms with Gasteiger partial charge in [0.15, 0.2) is 11.5 Å². The maximum Gasteiger partial charge on any atom is 0.329 e. The molecule has 2 aromatic carbocycles. The zero-order chi connectivity index (χ0) is 32.1. The molecule has 2 heterocycles. The van der Waals surface area contributed by atoms with E-state index in [2.05, 4.69) is 36.3 Å². The molecule has 46 heavy (non-hydrogen) atoms. The highest BCUT2D eigenvalue weighted by Gasteiger charge is 2.54. The summed E-state index contributed by atoms with van der Waals surface area (Å²) >= 11 is 6.26. The molecule has 244 valence electrons. The number of aromatic nitrogens is 1. The van der Waals surface area contributed by atoms with E-state index in [0.29, 0.717) is 48.8 Å². The summed E-state index contributed by atoms with van der Waals surface area (Å²) in [6.07, 6.45) is 9.78. The first-order chi connectivity index (χ1) is 22.2. The van der Waals surface area contributed by atoms with Gasteiger partial charge in [-0.1, -0.05) is 31.5 Å². The van der Waals surface area contributed by atoms with Gasteiger partial charge < -0.3 is 24.6 Å². The predicted molar refractivity (Wildman–Crippen MR) is 180 cm³/mol. The van der Waals surface area contributed by atoms with Gasteiger partial charge in [-0.15, -0.1) is 0 Å². The molecule has 0 amide bonds. The minimum atomic E-state index is -1.06. The maximum atomic E-state index is 12.9. The van der Waals surface area contributed by atoms with Gasteiger partial charge in [-0.25, -0.2) is 4.79 Å². The van der Waals surface area contributed by atoms with Crippen LogP contribution in [0.15, 0.2) is 48.7 Å². The van der Waals surface area contributed by atoms with Crippen LogP contribution in [0.25, 0.3) is 0 Å². The van der Waals surface area contributed by atoms with Gasteiger partial charge in [0.25, 0.3) is 0 Å². The molecular formula is C38H45ClN2O5. The monoisotopic (exact) mass is 644 g/mol. The Morgan fingerprint density at radius 2 is 1.98 bits per heavy atom. The summed E-state index contributed by atoms with van der Waals surface area (Å²) in [5, 5.41) is 14.5. The molecule has 7 rings (SSSR count). The van der Waals surface area contributed by atoms with Crippen molar-refractivity contribution in [2.45, 2.75) is 102 Å². The topological polar surface area (TPSA) is 89.9 Å². The number of carboxylic acid groups (broad SMARTS) is 1. The van der Waals surface area contributed by atoms with Crippen LogP contribution in [0, 0.1) is 11.8 Å². The summed E-state index contributed by atoms with van der Waals surface area (Å²) in [5.74, 6) is 2.93. The van der Waals surface area contributed by atoms with E-state index in [1.54, 1.807) is 12.1 Å². The van der Waals surface area contributed by atoms with Crippen LogP contribution in [0.5, 0.6) is 17.2 Å². The number of aryl methyl sites for hydroxylation is 1. The summed E-state index contributed by atoms with van der Waals surface area (Å²) in [7, 11) is 0. The van der Waals surface area contributed by atoms with Gasteiger partial charge in [-0.05, 0) is 135 Å². The molecule has 0 radical (unpaired) electrons. The Bertz CT molecular complexity index is 1620. The van der Waals surface area contributed by atoms with Crippen LogP contribution in [0.3, 0.4) is 0 Å². The van der Waals surface area contributed by atoms with Crippen molar-refractivity contribution in [2.24, 2.45) is 11.8 Å². The maximum absolute atomic E-state index is 12.9. The number of hydrogen-bond donors (Lipinski definition) is 2. The van der Waals surface area contributed by atoms with Gasteiger partial charge in [-0.2, -0.15) is 0 Å². The smallest absolute Gasteiger partial charge is 0.329 e. The fraction of sp³-hybridized carbons (Fsp3) is 0.526. The highest BCUT2D eigenvalue weighted by atomic mass is 35.5.